The van der Waals surface area contributed by atoms with E-state index in [4.69, 9.17) is 11.6 Å². The first-order valence-electron chi connectivity index (χ1n) is 7.43. The molecule has 0 aliphatic carbocycles. The van der Waals surface area contributed by atoms with Gasteiger partial charge in [0.25, 0.3) is 0 Å². The van der Waals surface area contributed by atoms with E-state index >= 15 is 0 Å². The highest BCUT2D eigenvalue weighted by molar-refractivity contribution is 6.30. The van der Waals surface area contributed by atoms with Crippen molar-refractivity contribution in [3.8, 4) is 0 Å². The third kappa shape index (κ3) is 3.22. The Labute approximate surface area is 147 Å². The number of nitrogens with zero attached hydrogens (tertiary/aromatic N) is 3. The average Bonchev–Trinajstić information content (AvgIpc) is 2.99. The standard InChI is InChI=1S/C17H12ClFN6/c18-10-3-1-5-12(7-10)22-15-14-16(21-9-20-15)24-25-17(14)23-13-6-2-4-11(19)8-13/h1-9H,(H3,20,21,22,23,24,25). The summed E-state index contributed by atoms with van der Waals surface area (Å²) < 4.78 is 13.4. The molecule has 0 bridgehead atoms. The SMILES string of the molecule is Fc1cccc(Nc2[nH]nc3ncnc(Nc4cccc(Cl)c4)c23)c1. The van der Waals surface area contributed by atoms with Crippen molar-refractivity contribution in [3.05, 3.63) is 65.7 Å². The molecule has 0 saturated carbocycles. The molecule has 0 amide bonds. The van der Waals surface area contributed by atoms with Gasteiger partial charge in [0.15, 0.2) is 5.65 Å². The van der Waals surface area contributed by atoms with Crippen molar-refractivity contribution < 1.29 is 4.39 Å². The van der Waals surface area contributed by atoms with Crippen molar-refractivity contribution in [1.29, 1.82) is 0 Å². The zero-order chi connectivity index (χ0) is 17.2. The average molecular weight is 355 g/mol. The van der Waals surface area contributed by atoms with E-state index in [0.717, 1.165) is 5.69 Å². The van der Waals surface area contributed by atoms with E-state index in [-0.39, 0.29) is 5.82 Å². The summed E-state index contributed by atoms with van der Waals surface area (Å²) in [5, 5.41) is 14.6. The summed E-state index contributed by atoms with van der Waals surface area (Å²) in [6, 6.07) is 13.4. The fourth-order valence-corrected chi connectivity index (χ4v) is 2.65. The molecule has 0 spiro atoms. The van der Waals surface area contributed by atoms with E-state index < -0.39 is 0 Å². The van der Waals surface area contributed by atoms with Gasteiger partial charge in [-0.2, -0.15) is 5.10 Å². The van der Waals surface area contributed by atoms with Gasteiger partial charge in [-0.15, -0.1) is 0 Å². The summed E-state index contributed by atoms with van der Waals surface area (Å²) in [7, 11) is 0. The Balaban J connectivity index is 1.74. The number of nitrogens with one attached hydrogen (secondary N) is 3. The van der Waals surface area contributed by atoms with Crippen LogP contribution < -0.4 is 10.6 Å². The van der Waals surface area contributed by atoms with Crippen LogP contribution in [0.4, 0.5) is 27.4 Å². The summed E-state index contributed by atoms with van der Waals surface area (Å²) >= 11 is 6.02. The first-order chi connectivity index (χ1) is 12.2. The number of H-pyrrole nitrogens is 1. The van der Waals surface area contributed by atoms with Crippen molar-refractivity contribution in [2.24, 2.45) is 0 Å². The van der Waals surface area contributed by atoms with Crippen LogP contribution in [0.3, 0.4) is 0 Å². The van der Waals surface area contributed by atoms with Gasteiger partial charge in [-0.05, 0) is 36.4 Å². The molecule has 0 radical (unpaired) electrons. The lowest BCUT2D eigenvalue weighted by Crippen LogP contribution is -1.97. The number of anilines is 4. The molecule has 0 atom stereocenters. The molecule has 25 heavy (non-hydrogen) atoms. The molecule has 2 aromatic heterocycles. The van der Waals surface area contributed by atoms with E-state index in [9.17, 15) is 4.39 Å². The van der Waals surface area contributed by atoms with Crippen molar-refractivity contribution in [1.82, 2.24) is 20.2 Å². The quantitative estimate of drug-likeness (QED) is 0.498. The van der Waals surface area contributed by atoms with Gasteiger partial charge < -0.3 is 10.6 Å². The molecular formula is C17H12ClFN6. The second-order valence-electron chi connectivity index (χ2n) is 5.29. The fourth-order valence-electron chi connectivity index (χ4n) is 2.45. The normalized spacial score (nSPS) is 10.8. The van der Waals surface area contributed by atoms with Gasteiger partial charge in [-0.3, -0.25) is 5.10 Å². The van der Waals surface area contributed by atoms with Crippen molar-refractivity contribution in [2.45, 2.75) is 0 Å². The van der Waals surface area contributed by atoms with E-state index in [2.05, 4.69) is 30.8 Å². The van der Waals surface area contributed by atoms with Crippen LogP contribution in [0.2, 0.25) is 5.02 Å². The molecule has 4 rings (SSSR count). The molecule has 2 aromatic carbocycles. The summed E-state index contributed by atoms with van der Waals surface area (Å²) in [5.41, 5.74) is 1.85. The molecule has 0 aliphatic rings. The van der Waals surface area contributed by atoms with Crippen molar-refractivity contribution in [2.75, 3.05) is 10.6 Å². The van der Waals surface area contributed by atoms with Crippen molar-refractivity contribution >= 4 is 45.6 Å². The molecule has 0 unspecified atom stereocenters. The monoisotopic (exact) mass is 354 g/mol. The topological polar surface area (TPSA) is 78.5 Å². The maximum atomic E-state index is 13.4. The van der Waals surface area contributed by atoms with Gasteiger partial charge in [-0.1, -0.05) is 23.7 Å². The molecular weight excluding hydrogens is 343 g/mol. The minimum absolute atomic E-state index is 0.331. The summed E-state index contributed by atoms with van der Waals surface area (Å²) in [6.45, 7) is 0. The molecule has 0 fully saturated rings. The second-order valence-corrected chi connectivity index (χ2v) is 5.73. The van der Waals surface area contributed by atoms with Gasteiger partial charge in [0.2, 0.25) is 0 Å². The first kappa shape index (κ1) is 15.3. The van der Waals surface area contributed by atoms with Crippen LogP contribution in [0.25, 0.3) is 11.0 Å². The predicted octanol–water partition coefficient (Wildman–Crippen LogP) is 4.63. The number of fused-ring (bicyclic) bond motifs is 1. The second kappa shape index (κ2) is 6.37. The van der Waals surface area contributed by atoms with Crippen molar-refractivity contribution in [3.63, 3.8) is 0 Å². The van der Waals surface area contributed by atoms with E-state index in [1.54, 1.807) is 24.3 Å². The number of rotatable bonds is 4. The summed E-state index contributed by atoms with van der Waals surface area (Å²) in [6.07, 6.45) is 1.42. The number of hydrogen-bond donors (Lipinski definition) is 3. The fraction of sp³-hybridized carbons (Fsp3) is 0. The molecule has 8 heteroatoms. The smallest absolute Gasteiger partial charge is 0.188 e. The predicted molar refractivity (Wildman–Crippen MR) is 96.1 cm³/mol. The largest absolute Gasteiger partial charge is 0.340 e. The van der Waals surface area contributed by atoms with E-state index in [1.165, 1.54) is 18.5 Å². The maximum Gasteiger partial charge on any atom is 0.188 e. The Bertz CT molecular complexity index is 1050. The highest BCUT2D eigenvalue weighted by Crippen LogP contribution is 2.30. The zero-order valence-electron chi connectivity index (χ0n) is 12.8. The molecule has 4 aromatic rings. The molecule has 6 nitrogen and oxygen atoms in total. The number of aromatic amines is 1. The molecule has 0 saturated heterocycles. The first-order valence-corrected chi connectivity index (χ1v) is 7.81. The van der Waals surface area contributed by atoms with Crippen LogP contribution in [-0.4, -0.2) is 20.2 Å². The van der Waals surface area contributed by atoms with Crippen LogP contribution in [0, 0.1) is 5.82 Å². The van der Waals surface area contributed by atoms with E-state index in [0.29, 0.717) is 33.4 Å². The minimum Gasteiger partial charge on any atom is -0.340 e. The van der Waals surface area contributed by atoms with Gasteiger partial charge in [0, 0.05) is 16.4 Å². The number of halogens is 2. The van der Waals surface area contributed by atoms with Crippen LogP contribution in [-0.2, 0) is 0 Å². The minimum atomic E-state index is -0.331. The molecule has 3 N–H and O–H groups in total. The summed E-state index contributed by atoms with van der Waals surface area (Å²) in [5.74, 6) is 0.785. The Hall–Kier alpha value is -3.19. The maximum absolute atomic E-state index is 13.4. The Morgan fingerprint density at radius 3 is 2.56 bits per heavy atom. The number of hydrogen-bond acceptors (Lipinski definition) is 5. The number of benzene rings is 2. The molecule has 2 heterocycles. The van der Waals surface area contributed by atoms with Crippen LogP contribution in [0.1, 0.15) is 0 Å². The molecule has 0 aliphatic heterocycles. The highest BCUT2D eigenvalue weighted by Gasteiger charge is 2.13. The zero-order valence-corrected chi connectivity index (χ0v) is 13.5. The van der Waals surface area contributed by atoms with Gasteiger partial charge in [-0.25, -0.2) is 14.4 Å². The lowest BCUT2D eigenvalue weighted by Gasteiger charge is -2.09. The third-order valence-corrected chi connectivity index (χ3v) is 3.77. The van der Waals surface area contributed by atoms with Gasteiger partial charge in [0.1, 0.15) is 29.2 Å². The van der Waals surface area contributed by atoms with Gasteiger partial charge in [0.05, 0.1) is 0 Å². The Kier molecular flexibility index (Phi) is 3.91. The highest BCUT2D eigenvalue weighted by atomic mass is 35.5. The van der Waals surface area contributed by atoms with Gasteiger partial charge >= 0.3 is 0 Å². The number of aromatic nitrogens is 4. The third-order valence-electron chi connectivity index (χ3n) is 3.53. The lowest BCUT2D eigenvalue weighted by molar-refractivity contribution is 0.628. The van der Waals surface area contributed by atoms with Crippen LogP contribution >= 0.6 is 11.6 Å². The molecule has 124 valence electrons. The van der Waals surface area contributed by atoms with E-state index in [1.807, 2.05) is 12.1 Å². The Morgan fingerprint density at radius 1 is 0.960 bits per heavy atom. The van der Waals surface area contributed by atoms with Crippen LogP contribution in [0.15, 0.2) is 54.9 Å². The van der Waals surface area contributed by atoms with Crippen LogP contribution in [0.5, 0.6) is 0 Å². The Morgan fingerprint density at radius 2 is 1.76 bits per heavy atom. The lowest BCUT2D eigenvalue weighted by atomic mass is 10.2. The summed E-state index contributed by atoms with van der Waals surface area (Å²) in [4.78, 5) is 8.43.